The number of carbonyl (C=O) groups is 1. The molecule has 0 heterocycles. The third-order valence-corrected chi connectivity index (χ3v) is 6.61. The predicted molar refractivity (Wildman–Crippen MR) is 111 cm³/mol. The molecule has 0 radical (unpaired) electrons. The third-order valence-electron chi connectivity index (χ3n) is 4.13. The average molecular weight is 410 g/mol. The quantitative estimate of drug-likeness (QED) is 0.401. The second-order valence-corrected chi connectivity index (χ2v) is 9.37. The zero-order chi connectivity index (χ0) is 20.0. The van der Waals surface area contributed by atoms with E-state index in [1.807, 2.05) is 0 Å². The highest BCUT2D eigenvalue weighted by Crippen LogP contribution is 2.22. The first-order valence-corrected chi connectivity index (χ1v) is 11.1. The number of esters is 1. The van der Waals surface area contributed by atoms with Crippen LogP contribution in [0, 0.1) is 6.92 Å². The number of rotatable bonds is 8. The SMILES string of the molecule is COC(=O)c1cc(S(=O)(=O)NCCSc2ccc(C(C)C)cc2)ccc1C.[HH]. The van der Waals surface area contributed by atoms with Crippen molar-refractivity contribution in [3.05, 3.63) is 59.2 Å². The molecule has 0 fully saturated rings. The number of hydrogen-bond acceptors (Lipinski definition) is 5. The molecule has 0 bridgehead atoms. The Morgan fingerprint density at radius 1 is 1.19 bits per heavy atom. The van der Waals surface area contributed by atoms with Crippen LogP contribution in [0.4, 0.5) is 0 Å². The molecule has 0 unspecified atom stereocenters. The van der Waals surface area contributed by atoms with Gasteiger partial charge >= 0.3 is 5.97 Å². The van der Waals surface area contributed by atoms with Crippen molar-refractivity contribution in [2.75, 3.05) is 19.4 Å². The summed E-state index contributed by atoms with van der Waals surface area (Å²) in [6, 6.07) is 12.7. The van der Waals surface area contributed by atoms with E-state index in [1.165, 1.54) is 24.8 Å². The van der Waals surface area contributed by atoms with Crippen molar-refractivity contribution in [3.8, 4) is 0 Å². The predicted octanol–water partition coefficient (Wildman–Crippen LogP) is 4.22. The molecule has 0 saturated carbocycles. The molecular weight excluding hydrogens is 382 g/mol. The molecule has 7 heteroatoms. The monoisotopic (exact) mass is 409 g/mol. The van der Waals surface area contributed by atoms with Gasteiger partial charge in [-0.25, -0.2) is 17.9 Å². The maximum Gasteiger partial charge on any atom is 0.338 e. The largest absolute Gasteiger partial charge is 0.465 e. The summed E-state index contributed by atoms with van der Waals surface area (Å²) in [5.41, 5.74) is 2.20. The standard InChI is InChI=1S/C20H25NO4S2.H2/c1-14(2)16-6-8-17(9-7-16)26-12-11-21-27(23,24)18-10-5-15(3)19(13-18)20(22)25-4;/h5-10,13-14,21H,11-12H2,1-4H3;1H. The Balaban J connectivity index is 0.00000392. The Hall–Kier alpha value is -1.83. The fourth-order valence-corrected chi connectivity index (χ4v) is 4.43. The van der Waals surface area contributed by atoms with Crippen LogP contribution in [0.3, 0.4) is 0 Å². The average Bonchev–Trinajstić information content (AvgIpc) is 2.65. The van der Waals surface area contributed by atoms with E-state index in [0.29, 0.717) is 23.8 Å². The van der Waals surface area contributed by atoms with Crippen LogP contribution in [0.2, 0.25) is 0 Å². The highest BCUT2D eigenvalue weighted by Gasteiger charge is 2.18. The van der Waals surface area contributed by atoms with Gasteiger partial charge in [-0.2, -0.15) is 0 Å². The van der Waals surface area contributed by atoms with Crippen LogP contribution < -0.4 is 4.72 Å². The Morgan fingerprint density at radius 2 is 1.85 bits per heavy atom. The van der Waals surface area contributed by atoms with E-state index in [2.05, 4.69) is 42.8 Å². The van der Waals surface area contributed by atoms with Gasteiger partial charge < -0.3 is 4.74 Å². The molecule has 5 nitrogen and oxygen atoms in total. The Morgan fingerprint density at radius 3 is 2.44 bits per heavy atom. The smallest absolute Gasteiger partial charge is 0.338 e. The molecule has 0 amide bonds. The van der Waals surface area contributed by atoms with Crippen molar-refractivity contribution < 1.29 is 19.4 Å². The number of hydrogen-bond donors (Lipinski definition) is 1. The summed E-state index contributed by atoms with van der Waals surface area (Å²) in [7, 11) is -2.41. The van der Waals surface area contributed by atoms with E-state index in [0.717, 1.165) is 4.90 Å². The lowest BCUT2D eigenvalue weighted by Gasteiger charge is -2.10. The molecule has 0 aromatic heterocycles. The Bertz CT molecular complexity index is 897. The van der Waals surface area contributed by atoms with Gasteiger partial charge in [-0.15, -0.1) is 11.8 Å². The number of carbonyl (C=O) groups excluding carboxylic acids is 1. The molecule has 2 aromatic rings. The first-order chi connectivity index (χ1) is 12.7. The molecule has 0 aliphatic rings. The van der Waals surface area contributed by atoms with E-state index < -0.39 is 16.0 Å². The van der Waals surface area contributed by atoms with Gasteiger partial charge in [0, 0.05) is 18.6 Å². The topological polar surface area (TPSA) is 72.5 Å². The second-order valence-electron chi connectivity index (χ2n) is 6.44. The number of nitrogens with one attached hydrogen (secondary N) is 1. The molecular formula is C20H27NO4S2. The fourth-order valence-electron chi connectivity index (χ4n) is 2.48. The summed E-state index contributed by atoms with van der Waals surface area (Å²) in [5.74, 6) is 0.542. The van der Waals surface area contributed by atoms with Crippen LogP contribution in [-0.2, 0) is 14.8 Å². The molecule has 148 valence electrons. The lowest BCUT2D eigenvalue weighted by molar-refractivity contribution is 0.0599. The summed E-state index contributed by atoms with van der Waals surface area (Å²) >= 11 is 1.59. The molecule has 0 aliphatic carbocycles. The number of ether oxygens (including phenoxy) is 1. The lowest BCUT2D eigenvalue weighted by Crippen LogP contribution is -2.26. The van der Waals surface area contributed by atoms with Crippen molar-refractivity contribution in [2.45, 2.75) is 36.5 Å². The van der Waals surface area contributed by atoms with E-state index in [4.69, 9.17) is 4.74 Å². The van der Waals surface area contributed by atoms with Gasteiger partial charge in [0.1, 0.15) is 0 Å². The van der Waals surface area contributed by atoms with Crippen molar-refractivity contribution in [1.82, 2.24) is 4.72 Å². The fraction of sp³-hybridized carbons (Fsp3) is 0.350. The maximum absolute atomic E-state index is 12.5. The summed E-state index contributed by atoms with van der Waals surface area (Å²) < 4.78 is 32.2. The Labute approximate surface area is 167 Å². The van der Waals surface area contributed by atoms with Gasteiger partial charge in [0.25, 0.3) is 0 Å². The highest BCUT2D eigenvalue weighted by molar-refractivity contribution is 7.99. The summed E-state index contributed by atoms with van der Waals surface area (Å²) in [4.78, 5) is 12.9. The molecule has 0 aliphatic heterocycles. The number of benzene rings is 2. The van der Waals surface area contributed by atoms with E-state index in [1.54, 1.807) is 24.8 Å². The minimum absolute atomic E-state index is 0. The highest BCUT2D eigenvalue weighted by atomic mass is 32.2. The van der Waals surface area contributed by atoms with Gasteiger partial charge in [-0.05, 0) is 48.2 Å². The van der Waals surface area contributed by atoms with E-state index in [-0.39, 0.29) is 11.9 Å². The van der Waals surface area contributed by atoms with Crippen LogP contribution in [0.25, 0.3) is 0 Å². The minimum Gasteiger partial charge on any atom is -0.465 e. The zero-order valence-corrected chi connectivity index (χ0v) is 17.6. The Kier molecular flexibility index (Phi) is 7.47. The van der Waals surface area contributed by atoms with Crippen molar-refractivity contribution in [2.24, 2.45) is 0 Å². The van der Waals surface area contributed by atoms with Crippen LogP contribution in [0.15, 0.2) is 52.3 Å². The first kappa shape index (κ1) is 21.5. The molecule has 0 saturated heterocycles. The van der Waals surface area contributed by atoms with Crippen LogP contribution in [0.1, 0.15) is 42.7 Å². The molecule has 0 atom stereocenters. The summed E-state index contributed by atoms with van der Waals surface area (Å²) in [6.07, 6.45) is 0. The van der Waals surface area contributed by atoms with Gasteiger partial charge in [0.2, 0.25) is 10.0 Å². The third kappa shape index (κ3) is 5.82. The van der Waals surface area contributed by atoms with Crippen molar-refractivity contribution in [1.29, 1.82) is 0 Å². The number of sulfonamides is 1. The number of thioether (sulfide) groups is 1. The summed E-state index contributed by atoms with van der Waals surface area (Å²) in [5, 5.41) is 0. The molecule has 2 rings (SSSR count). The van der Waals surface area contributed by atoms with Crippen LogP contribution in [0.5, 0.6) is 0 Å². The first-order valence-electron chi connectivity index (χ1n) is 8.66. The number of methoxy groups -OCH3 is 1. The normalized spacial score (nSPS) is 11.6. The van der Waals surface area contributed by atoms with E-state index in [9.17, 15) is 13.2 Å². The van der Waals surface area contributed by atoms with Gasteiger partial charge in [-0.1, -0.05) is 32.0 Å². The lowest BCUT2D eigenvalue weighted by atomic mass is 10.0. The van der Waals surface area contributed by atoms with Gasteiger partial charge in [0.05, 0.1) is 17.6 Å². The molecule has 27 heavy (non-hydrogen) atoms. The second kappa shape index (κ2) is 9.39. The van der Waals surface area contributed by atoms with Crippen molar-refractivity contribution in [3.63, 3.8) is 0 Å². The molecule has 2 aromatic carbocycles. The minimum atomic E-state index is -3.68. The van der Waals surface area contributed by atoms with Crippen molar-refractivity contribution >= 4 is 27.8 Å². The van der Waals surface area contributed by atoms with Gasteiger partial charge in [-0.3, -0.25) is 0 Å². The molecule has 0 spiro atoms. The number of aryl methyl sites for hydroxylation is 1. The van der Waals surface area contributed by atoms with E-state index >= 15 is 0 Å². The molecule has 1 N–H and O–H groups in total. The van der Waals surface area contributed by atoms with Gasteiger partial charge in [0.15, 0.2) is 0 Å². The van der Waals surface area contributed by atoms with Crippen LogP contribution >= 0.6 is 11.8 Å². The van der Waals surface area contributed by atoms with Crippen LogP contribution in [-0.4, -0.2) is 33.8 Å². The summed E-state index contributed by atoms with van der Waals surface area (Å²) in [6.45, 7) is 6.32. The zero-order valence-electron chi connectivity index (χ0n) is 16.0. The maximum atomic E-state index is 12.5.